The summed E-state index contributed by atoms with van der Waals surface area (Å²) in [5.41, 5.74) is 1.34. The fourth-order valence-electron chi connectivity index (χ4n) is 6.70. The Hall–Kier alpha value is -2.91. The summed E-state index contributed by atoms with van der Waals surface area (Å²) >= 11 is 3.19. The highest BCUT2D eigenvalue weighted by molar-refractivity contribution is 8.03. The van der Waals surface area contributed by atoms with Crippen LogP contribution in [0, 0.1) is 11.8 Å². The molecule has 5 rings (SSSR count). The molecule has 11 nitrogen and oxygen atoms in total. The number of ether oxygens (including phenoxy) is 2. The Balaban J connectivity index is 1.35. The van der Waals surface area contributed by atoms with Crippen molar-refractivity contribution >= 4 is 54.2 Å². The van der Waals surface area contributed by atoms with Gasteiger partial charge in [0.05, 0.1) is 24.7 Å². The quantitative estimate of drug-likeness (QED) is 0.0934. The second-order valence-corrected chi connectivity index (χ2v) is 21.8. The summed E-state index contributed by atoms with van der Waals surface area (Å²) in [6, 6.07) is -0.471. The molecule has 2 aromatic rings. The van der Waals surface area contributed by atoms with Crippen LogP contribution in [0.1, 0.15) is 46.7 Å². The van der Waals surface area contributed by atoms with Gasteiger partial charge < -0.3 is 28.8 Å². The molecular weight excluding hydrogens is 681 g/mol. The van der Waals surface area contributed by atoms with Crippen molar-refractivity contribution in [1.29, 1.82) is 0 Å². The number of esters is 1. The van der Waals surface area contributed by atoms with Crippen LogP contribution in [0.25, 0.3) is 4.83 Å². The number of hydrogen-bond acceptors (Lipinski definition) is 9. The molecule has 0 bridgehead atoms. The van der Waals surface area contributed by atoms with E-state index in [1.807, 2.05) is 6.92 Å². The highest BCUT2D eigenvalue weighted by Gasteiger charge is 2.60. The van der Waals surface area contributed by atoms with E-state index in [1.165, 1.54) is 22.7 Å². The number of fused-ring (bicyclic) bond motifs is 2. The van der Waals surface area contributed by atoms with Gasteiger partial charge in [-0.15, -0.1) is 11.8 Å². The largest absolute Gasteiger partial charge is 0.457 e. The number of aromatic nitrogens is 2. The highest BCUT2D eigenvalue weighted by Crippen LogP contribution is 2.52. The number of amides is 2. The smallest absolute Gasteiger partial charge is 0.410 e. The molecule has 6 atom stereocenters. The molecule has 0 radical (unpaired) electrons. The van der Waals surface area contributed by atoms with E-state index in [0.29, 0.717) is 26.0 Å². The van der Waals surface area contributed by atoms with Gasteiger partial charge >= 0.3 is 12.1 Å². The molecule has 0 aliphatic carbocycles. The van der Waals surface area contributed by atoms with E-state index in [-0.39, 0.29) is 53.1 Å². The number of aliphatic hydroxyl groups excluding tert-OH is 1. The van der Waals surface area contributed by atoms with E-state index >= 15 is 0 Å². The summed E-state index contributed by atoms with van der Waals surface area (Å²) in [5, 5.41) is 12.6. The fourth-order valence-corrected chi connectivity index (χ4v) is 10.2. The first-order valence-corrected chi connectivity index (χ1v) is 21.6. The third-order valence-corrected chi connectivity index (χ3v) is 17.3. The molecule has 268 valence electrons. The van der Waals surface area contributed by atoms with Gasteiger partial charge in [-0.3, -0.25) is 4.79 Å². The molecule has 3 aliphatic rings. The topological polar surface area (TPSA) is 114 Å². The van der Waals surface area contributed by atoms with Gasteiger partial charge in [-0.1, -0.05) is 64.3 Å². The van der Waals surface area contributed by atoms with E-state index in [0.717, 1.165) is 22.0 Å². The molecule has 5 heterocycles. The minimum Gasteiger partial charge on any atom is -0.457 e. The van der Waals surface area contributed by atoms with Crippen LogP contribution in [-0.4, -0.2) is 95.4 Å². The highest BCUT2D eigenvalue weighted by atomic mass is 32.2. The van der Waals surface area contributed by atoms with Crippen molar-refractivity contribution in [2.24, 2.45) is 11.8 Å². The maximum absolute atomic E-state index is 13.3. The predicted molar refractivity (Wildman–Crippen MR) is 194 cm³/mol. The number of likely N-dealkylation sites (tertiary alicyclic amines) is 1. The second kappa shape index (κ2) is 14.7. The van der Waals surface area contributed by atoms with E-state index in [2.05, 4.69) is 73.9 Å². The number of carbonyl (C=O) groups excluding carboxylic acids is 3. The number of β-lactam (4-membered cyclic amide) rings is 1. The minimum absolute atomic E-state index is 0.0216. The Morgan fingerprint density at radius 2 is 1.92 bits per heavy atom. The van der Waals surface area contributed by atoms with Gasteiger partial charge in [0, 0.05) is 40.5 Å². The van der Waals surface area contributed by atoms with Gasteiger partial charge in [0.2, 0.25) is 17.1 Å². The monoisotopic (exact) mass is 731 g/mol. The molecule has 2 fully saturated rings. The van der Waals surface area contributed by atoms with Crippen LogP contribution in [0.2, 0.25) is 18.1 Å². The number of thiazole rings is 1. The maximum Gasteiger partial charge on any atom is 0.410 e. The average molecular weight is 732 g/mol. The summed E-state index contributed by atoms with van der Waals surface area (Å²) in [5.74, 6) is -1.62. The van der Waals surface area contributed by atoms with Crippen molar-refractivity contribution in [2.45, 2.75) is 95.6 Å². The summed E-state index contributed by atoms with van der Waals surface area (Å²) < 4.78 is 21.7. The Morgan fingerprint density at radius 3 is 2.57 bits per heavy atom. The van der Waals surface area contributed by atoms with Crippen molar-refractivity contribution in [2.75, 3.05) is 26.4 Å². The van der Waals surface area contributed by atoms with E-state index < -0.39 is 32.4 Å². The molecule has 0 unspecified atom stereocenters. The van der Waals surface area contributed by atoms with Gasteiger partial charge in [0.25, 0.3) is 0 Å². The first kappa shape index (κ1) is 37.3. The minimum atomic E-state index is -1.84. The van der Waals surface area contributed by atoms with Crippen molar-refractivity contribution in [3.8, 4) is 0 Å². The number of thioether (sulfide) groups is 1. The molecule has 0 spiro atoms. The average Bonchev–Trinajstić information content (AvgIpc) is 3.77. The number of aliphatic hydroxyl groups is 1. The van der Waals surface area contributed by atoms with Crippen molar-refractivity contribution in [1.82, 2.24) is 14.2 Å². The second-order valence-electron chi connectivity index (χ2n) is 14.7. The first-order chi connectivity index (χ1) is 23.1. The lowest BCUT2D eigenvalue weighted by molar-refractivity contribution is -0.696. The Labute approximate surface area is 298 Å². The number of carbonyl (C=O) groups is 3. The van der Waals surface area contributed by atoms with Crippen molar-refractivity contribution in [3.05, 3.63) is 59.5 Å². The molecule has 3 aliphatic heterocycles. The summed E-state index contributed by atoms with van der Waals surface area (Å²) in [6.45, 7) is 24.1. The Morgan fingerprint density at radius 1 is 1.22 bits per heavy atom. The lowest BCUT2D eigenvalue weighted by Crippen LogP contribution is -2.63. The normalized spacial score (nSPS) is 24.7. The van der Waals surface area contributed by atoms with Crippen LogP contribution in [-0.2, 0) is 36.5 Å². The van der Waals surface area contributed by atoms with Gasteiger partial charge in [0.15, 0.2) is 8.32 Å². The van der Waals surface area contributed by atoms with E-state index in [9.17, 15) is 19.5 Å². The molecule has 1 N–H and O–H groups in total. The molecule has 2 aromatic heterocycles. The van der Waals surface area contributed by atoms with Gasteiger partial charge in [-0.2, -0.15) is 4.40 Å². The zero-order chi connectivity index (χ0) is 35.8. The summed E-state index contributed by atoms with van der Waals surface area (Å²) in [4.78, 5) is 44.9. The fraction of sp³-hybridized carbons (Fsp3) is 0.600. The van der Waals surface area contributed by atoms with Crippen LogP contribution >= 0.6 is 23.1 Å². The van der Waals surface area contributed by atoms with Crippen LogP contribution in [0.15, 0.2) is 53.8 Å². The number of rotatable bonds is 14. The summed E-state index contributed by atoms with van der Waals surface area (Å²) in [7, 11) is -1.84. The first-order valence-electron chi connectivity index (χ1n) is 16.9. The Bertz CT molecular complexity index is 1630. The number of hydrogen-bond donors (Lipinski definition) is 1. The molecule has 49 heavy (non-hydrogen) atoms. The number of nitrogens with zero attached hydrogens (tertiary/aromatic N) is 4. The molecule has 2 saturated heterocycles. The van der Waals surface area contributed by atoms with Gasteiger partial charge in [0.1, 0.15) is 37.3 Å². The molecule has 0 saturated carbocycles. The standard InChI is InChI=1S/C35H51N4O7S2Si/c1-10-13-44-33(42)30-31(22(3)29-28(23(4)40)32(41)39(29)30)48-26-17-24(37(18-26)34(43)45-14-11-2)16-25-20-47-27-19-36(21-38(25)27)12-15-46-49(8,9)35(5,6)7/h10-11,19-24,26,28-29,40H,1-2,12-18H2,3-9H3/q+1/t22-,23-,24-,26+,28-,29-/m1/s1. The molecule has 2 amide bonds. The zero-order valence-electron chi connectivity index (χ0n) is 29.7. The third kappa shape index (κ3) is 7.44. The van der Waals surface area contributed by atoms with Crippen LogP contribution in [0.5, 0.6) is 0 Å². The Kier molecular flexibility index (Phi) is 11.2. The zero-order valence-corrected chi connectivity index (χ0v) is 32.3. The van der Waals surface area contributed by atoms with Crippen LogP contribution < -0.4 is 4.57 Å². The predicted octanol–water partition coefficient (Wildman–Crippen LogP) is 5.15. The third-order valence-electron chi connectivity index (χ3n) is 10.3. The van der Waals surface area contributed by atoms with Gasteiger partial charge in [-0.05, 0) is 31.5 Å². The summed E-state index contributed by atoms with van der Waals surface area (Å²) in [6.07, 6.45) is 7.32. The molecular formula is C35H51N4O7S2Si+. The van der Waals surface area contributed by atoms with Crippen LogP contribution in [0.3, 0.4) is 0 Å². The maximum atomic E-state index is 13.3. The van der Waals surface area contributed by atoms with Gasteiger partial charge in [-0.25, -0.2) is 14.2 Å². The molecule has 0 aromatic carbocycles. The lowest BCUT2D eigenvalue weighted by atomic mass is 9.79. The number of imidazole rings is 1. The molecule has 14 heteroatoms. The lowest BCUT2D eigenvalue weighted by Gasteiger charge is -2.46. The van der Waals surface area contributed by atoms with Crippen molar-refractivity contribution < 1.29 is 38.0 Å². The SMILES string of the molecule is C=CCOC(=O)C1=C(S[C@H]2C[C@@H](Cc3csc4c[n+](CCO[Si](C)(C)C(C)(C)C)cn34)N(C(=O)OCC=C)C2)[C@H](C)[C@@H]2[C@@H]([C@@H](C)O)C(=O)N12. The van der Waals surface area contributed by atoms with Crippen LogP contribution in [0.4, 0.5) is 4.79 Å². The van der Waals surface area contributed by atoms with Crippen molar-refractivity contribution in [3.63, 3.8) is 0 Å². The van der Waals surface area contributed by atoms with E-state index in [1.54, 1.807) is 29.2 Å². The van der Waals surface area contributed by atoms with E-state index in [4.69, 9.17) is 13.9 Å².